The van der Waals surface area contributed by atoms with E-state index in [1.54, 1.807) is 31.4 Å². The molecule has 0 aromatic heterocycles. The molecule has 0 bridgehead atoms. The number of hydrogen-bond donors (Lipinski definition) is 3. The van der Waals surface area contributed by atoms with Crippen molar-refractivity contribution in [1.29, 1.82) is 0 Å². The van der Waals surface area contributed by atoms with Crippen LogP contribution in [0.1, 0.15) is 6.42 Å². The first-order valence-corrected chi connectivity index (χ1v) is 7.61. The average molecular weight is 349 g/mol. The SMILES string of the molecule is COc1ccc(N2CC(C(=O)NCC(=O)NCC(=O)O)CC2=O)cc1. The van der Waals surface area contributed by atoms with Crippen molar-refractivity contribution < 1.29 is 29.0 Å². The zero-order valence-electron chi connectivity index (χ0n) is 13.7. The molecule has 1 aromatic rings. The third-order valence-corrected chi connectivity index (χ3v) is 3.74. The fraction of sp³-hybridized carbons (Fsp3) is 0.375. The smallest absolute Gasteiger partial charge is 0.322 e. The highest BCUT2D eigenvalue weighted by Crippen LogP contribution is 2.26. The van der Waals surface area contributed by atoms with Gasteiger partial charge in [-0.15, -0.1) is 0 Å². The van der Waals surface area contributed by atoms with Crippen LogP contribution in [0.3, 0.4) is 0 Å². The molecule has 3 amide bonds. The Kier molecular flexibility index (Phi) is 5.93. The summed E-state index contributed by atoms with van der Waals surface area (Å²) in [6, 6.07) is 6.92. The van der Waals surface area contributed by atoms with Crippen LogP contribution in [0.5, 0.6) is 5.75 Å². The van der Waals surface area contributed by atoms with E-state index in [-0.39, 0.29) is 25.4 Å². The first kappa shape index (κ1) is 18.2. The first-order chi connectivity index (χ1) is 11.9. The summed E-state index contributed by atoms with van der Waals surface area (Å²) in [6.07, 6.45) is 0.0502. The van der Waals surface area contributed by atoms with Crippen molar-refractivity contribution in [3.8, 4) is 5.75 Å². The van der Waals surface area contributed by atoms with Crippen LogP contribution in [0.15, 0.2) is 24.3 Å². The molecule has 2 rings (SSSR count). The van der Waals surface area contributed by atoms with Gasteiger partial charge in [-0.2, -0.15) is 0 Å². The molecule has 1 fully saturated rings. The molecule has 1 aliphatic heterocycles. The van der Waals surface area contributed by atoms with Gasteiger partial charge in [-0.1, -0.05) is 0 Å². The number of carbonyl (C=O) groups excluding carboxylic acids is 3. The van der Waals surface area contributed by atoms with E-state index in [0.717, 1.165) is 0 Å². The summed E-state index contributed by atoms with van der Waals surface area (Å²) in [5.74, 6) is -2.28. The maximum atomic E-state index is 12.1. The van der Waals surface area contributed by atoms with Crippen LogP contribution >= 0.6 is 0 Å². The van der Waals surface area contributed by atoms with Crippen LogP contribution in [0.4, 0.5) is 5.69 Å². The molecule has 1 aromatic carbocycles. The molecule has 1 atom stereocenters. The van der Waals surface area contributed by atoms with Crippen LogP contribution < -0.4 is 20.3 Å². The van der Waals surface area contributed by atoms with Gasteiger partial charge in [-0.25, -0.2) is 0 Å². The number of methoxy groups -OCH3 is 1. The Bertz CT molecular complexity index is 673. The number of nitrogens with one attached hydrogen (secondary N) is 2. The predicted molar refractivity (Wildman–Crippen MR) is 87.1 cm³/mol. The Labute approximate surface area is 143 Å². The second-order valence-corrected chi connectivity index (χ2v) is 5.49. The zero-order valence-corrected chi connectivity index (χ0v) is 13.7. The molecule has 9 nitrogen and oxygen atoms in total. The number of benzene rings is 1. The number of hydrogen-bond acceptors (Lipinski definition) is 5. The molecule has 0 aliphatic carbocycles. The summed E-state index contributed by atoms with van der Waals surface area (Å²) in [6.45, 7) is -0.630. The van der Waals surface area contributed by atoms with E-state index >= 15 is 0 Å². The van der Waals surface area contributed by atoms with Gasteiger partial charge in [0.15, 0.2) is 0 Å². The van der Waals surface area contributed by atoms with Gasteiger partial charge in [0, 0.05) is 18.7 Å². The molecule has 1 unspecified atom stereocenters. The molecule has 25 heavy (non-hydrogen) atoms. The van der Waals surface area contributed by atoms with Gasteiger partial charge in [-0.05, 0) is 24.3 Å². The molecule has 0 saturated carbocycles. The lowest BCUT2D eigenvalue weighted by atomic mass is 10.1. The molecule has 3 N–H and O–H groups in total. The number of ether oxygens (including phenoxy) is 1. The predicted octanol–water partition coefficient (Wildman–Crippen LogP) is -0.635. The van der Waals surface area contributed by atoms with Gasteiger partial charge in [0.1, 0.15) is 12.3 Å². The Morgan fingerprint density at radius 1 is 1.20 bits per heavy atom. The van der Waals surface area contributed by atoms with E-state index in [9.17, 15) is 19.2 Å². The van der Waals surface area contributed by atoms with Gasteiger partial charge in [0.2, 0.25) is 17.7 Å². The standard InChI is InChI=1S/C16H19N3O6/c1-25-12-4-2-11(3-5-12)19-9-10(6-14(19)21)16(24)18-7-13(20)17-8-15(22)23/h2-5,10H,6-9H2,1H3,(H,17,20)(H,18,24)(H,22,23). The molecule has 134 valence electrons. The largest absolute Gasteiger partial charge is 0.497 e. The Balaban J connectivity index is 1.87. The molecule has 9 heteroatoms. The Morgan fingerprint density at radius 2 is 1.88 bits per heavy atom. The Hall–Kier alpha value is -3.10. The van der Waals surface area contributed by atoms with E-state index in [0.29, 0.717) is 11.4 Å². The highest BCUT2D eigenvalue weighted by Gasteiger charge is 2.35. The van der Waals surface area contributed by atoms with Gasteiger partial charge < -0.3 is 25.4 Å². The number of carboxylic acids is 1. The minimum Gasteiger partial charge on any atom is -0.497 e. The van der Waals surface area contributed by atoms with Gasteiger partial charge >= 0.3 is 5.97 Å². The van der Waals surface area contributed by atoms with Gasteiger partial charge in [0.25, 0.3) is 0 Å². The van der Waals surface area contributed by atoms with E-state index in [4.69, 9.17) is 9.84 Å². The van der Waals surface area contributed by atoms with Crippen LogP contribution in [0.2, 0.25) is 0 Å². The average Bonchev–Trinajstić information content (AvgIpc) is 2.99. The summed E-state index contributed by atoms with van der Waals surface area (Å²) in [4.78, 5) is 47.5. The lowest BCUT2D eigenvalue weighted by molar-refractivity contribution is -0.137. The zero-order chi connectivity index (χ0) is 18.4. The summed E-state index contributed by atoms with van der Waals surface area (Å²) >= 11 is 0. The molecule has 1 saturated heterocycles. The first-order valence-electron chi connectivity index (χ1n) is 7.61. The second kappa shape index (κ2) is 8.13. The minimum atomic E-state index is -1.17. The van der Waals surface area contributed by atoms with Crippen LogP contribution in [-0.2, 0) is 19.2 Å². The quantitative estimate of drug-likeness (QED) is 0.602. The van der Waals surface area contributed by atoms with Gasteiger partial charge in [0.05, 0.1) is 19.6 Å². The van der Waals surface area contributed by atoms with Crippen molar-refractivity contribution in [1.82, 2.24) is 10.6 Å². The number of carbonyl (C=O) groups is 4. The normalized spacial score (nSPS) is 16.4. The van der Waals surface area contributed by atoms with Crippen molar-refractivity contribution >= 4 is 29.4 Å². The van der Waals surface area contributed by atoms with Crippen molar-refractivity contribution in [3.05, 3.63) is 24.3 Å². The summed E-state index contributed by atoms with van der Waals surface area (Å²) in [5, 5.41) is 13.0. The van der Waals surface area contributed by atoms with E-state index in [1.165, 1.54) is 4.90 Å². The third kappa shape index (κ3) is 4.93. The summed E-state index contributed by atoms with van der Waals surface area (Å²) in [7, 11) is 1.54. The fourth-order valence-corrected chi connectivity index (χ4v) is 2.44. The summed E-state index contributed by atoms with van der Waals surface area (Å²) in [5.41, 5.74) is 0.667. The van der Waals surface area contributed by atoms with Gasteiger partial charge in [-0.3, -0.25) is 19.2 Å². The number of amides is 3. The number of aliphatic carboxylic acids is 1. The lowest BCUT2D eigenvalue weighted by Gasteiger charge is -2.17. The molecule has 1 heterocycles. The molecule has 0 spiro atoms. The Morgan fingerprint density at radius 3 is 2.48 bits per heavy atom. The molecule has 0 radical (unpaired) electrons. The van der Waals surface area contributed by atoms with E-state index in [1.807, 2.05) is 0 Å². The molecular formula is C16H19N3O6. The highest BCUT2D eigenvalue weighted by molar-refractivity contribution is 6.00. The number of anilines is 1. The van der Waals surface area contributed by atoms with Crippen molar-refractivity contribution in [2.75, 3.05) is 31.6 Å². The maximum Gasteiger partial charge on any atom is 0.322 e. The molecule has 1 aliphatic rings. The fourth-order valence-electron chi connectivity index (χ4n) is 2.44. The van der Waals surface area contributed by atoms with Crippen molar-refractivity contribution in [3.63, 3.8) is 0 Å². The molecular weight excluding hydrogens is 330 g/mol. The number of nitrogens with zero attached hydrogens (tertiary/aromatic N) is 1. The van der Waals surface area contributed by atoms with Crippen molar-refractivity contribution in [2.24, 2.45) is 5.92 Å². The minimum absolute atomic E-state index is 0.0502. The third-order valence-electron chi connectivity index (χ3n) is 3.74. The topological polar surface area (TPSA) is 125 Å². The van der Waals surface area contributed by atoms with E-state index < -0.39 is 30.2 Å². The van der Waals surface area contributed by atoms with Crippen LogP contribution in [-0.4, -0.2) is 55.5 Å². The number of rotatable bonds is 7. The van der Waals surface area contributed by atoms with Crippen LogP contribution in [0, 0.1) is 5.92 Å². The monoisotopic (exact) mass is 349 g/mol. The number of carboxylic acid groups (broad SMARTS) is 1. The second-order valence-electron chi connectivity index (χ2n) is 5.49. The summed E-state index contributed by atoms with van der Waals surface area (Å²) < 4.78 is 5.06. The highest BCUT2D eigenvalue weighted by atomic mass is 16.5. The van der Waals surface area contributed by atoms with Crippen molar-refractivity contribution in [2.45, 2.75) is 6.42 Å². The van der Waals surface area contributed by atoms with E-state index in [2.05, 4.69) is 10.6 Å². The van der Waals surface area contributed by atoms with Crippen LogP contribution in [0.25, 0.3) is 0 Å². The maximum absolute atomic E-state index is 12.1. The lowest BCUT2D eigenvalue weighted by Crippen LogP contribution is -2.41.